The normalized spacial score (nSPS) is 14.8. The van der Waals surface area contributed by atoms with Crippen molar-refractivity contribution < 1.29 is 28.3 Å². The molecular weight excluding hydrogens is 426 g/mol. The molecule has 168 valence electrons. The zero-order valence-corrected chi connectivity index (χ0v) is 17.7. The van der Waals surface area contributed by atoms with Crippen LogP contribution in [-0.2, 0) is 14.3 Å². The van der Waals surface area contributed by atoms with Crippen LogP contribution in [0.1, 0.15) is 34.3 Å². The lowest BCUT2D eigenvalue weighted by atomic mass is 10.0. The molecule has 1 unspecified atom stereocenters. The molecule has 9 heteroatoms. The van der Waals surface area contributed by atoms with Crippen molar-refractivity contribution in [2.45, 2.75) is 19.4 Å². The lowest BCUT2D eigenvalue weighted by molar-refractivity contribution is -0.122. The monoisotopic (exact) mass is 447 g/mol. The van der Waals surface area contributed by atoms with Crippen LogP contribution in [0.15, 0.2) is 71.3 Å². The SMILES string of the molecule is CCOC(=O)c1ccc(NC(=O)CC2C(=O)Nc3ccccc3N2C(=O)c2ccco2)cc1. The van der Waals surface area contributed by atoms with E-state index in [0.717, 1.165) is 0 Å². The van der Waals surface area contributed by atoms with Crippen LogP contribution >= 0.6 is 0 Å². The Bertz CT molecular complexity index is 1190. The van der Waals surface area contributed by atoms with Gasteiger partial charge in [0, 0.05) is 5.69 Å². The maximum Gasteiger partial charge on any atom is 0.338 e. The number of amides is 3. The molecule has 33 heavy (non-hydrogen) atoms. The molecule has 1 aliphatic heterocycles. The zero-order valence-electron chi connectivity index (χ0n) is 17.7. The van der Waals surface area contributed by atoms with Crippen molar-refractivity contribution in [2.24, 2.45) is 0 Å². The lowest BCUT2D eigenvalue weighted by Gasteiger charge is -2.35. The van der Waals surface area contributed by atoms with E-state index < -0.39 is 29.7 Å². The van der Waals surface area contributed by atoms with Gasteiger partial charge in [-0.25, -0.2) is 4.79 Å². The number of nitrogens with zero attached hydrogens (tertiary/aromatic N) is 1. The Hall–Kier alpha value is -4.40. The summed E-state index contributed by atoms with van der Waals surface area (Å²) in [6.07, 6.45) is 1.08. The summed E-state index contributed by atoms with van der Waals surface area (Å²) in [4.78, 5) is 51.8. The number of esters is 1. The lowest BCUT2D eigenvalue weighted by Crippen LogP contribution is -2.52. The Labute approximate surface area is 189 Å². The van der Waals surface area contributed by atoms with E-state index in [4.69, 9.17) is 9.15 Å². The summed E-state index contributed by atoms with van der Waals surface area (Å²) < 4.78 is 10.2. The number of carbonyl (C=O) groups excluding carboxylic acids is 4. The fraction of sp³-hybridized carbons (Fsp3) is 0.167. The highest BCUT2D eigenvalue weighted by atomic mass is 16.5. The standard InChI is InChI=1S/C24H21N3O6/c1-2-32-24(31)15-9-11-16(12-10-15)25-21(28)14-19-22(29)26-17-6-3-4-7-18(17)27(19)23(30)20-8-5-13-33-20/h3-13,19H,2,14H2,1H3,(H,25,28)(H,26,29). The average Bonchev–Trinajstić information content (AvgIpc) is 3.35. The van der Waals surface area contributed by atoms with Crippen LogP contribution in [0.4, 0.5) is 17.1 Å². The molecule has 1 atom stereocenters. The molecule has 2 aromatic carbocycles. The van der Waals surface area contributed by atoms with Gasteiger partial charge in [0.05, 0.1) is 36.2 Å². The number of ether oxygens (including phenoxy) is 1. The van der Waals surface area contributed by atoms with Gasteiger partial charge in [0.25, 0.3) is 5.91 Å². The number of hydrogen-bond acceptors (Lipinski definition) is 6. The van der Waals surface area contributed by atoms with Gasteiger partial charge in [0.15, 0.2) is 5.76 Å². The topological polar surface area (TPSA) is 118 Å². The summed E-state index contributed by atoms with van der Waals surface area (Å²) in [7, 11) is 0. The number of rotatable bonds is 6. The number of nitrogens with one attached hydrogen (secondary N) is 2. The first-order valence-corrected chi connectivity index (χ1v) is 10.3. The van der Waals surface area contributed by atoms with Gasteiger partial charge in [-0.05, 0) is 55.5 Å². The minimum absolute atomic E-state index is 0.0551. The molecule has 0 fully saturated rings. The second-order valence-corrected chi connectivity index (χ2v) is 7.22. The van der Waals surface area contributed by atoms with Crippen molar-refractivity contribution >= 4 is 40.8 Å². The number of fused-ring (bicyclic) bond motifs is 1. The highest BCUT2D eigenvalue weighted by Gasteiger charge is 2.39. The van der Waals surface area contributed by atoms with Crippen LogP contribution in [0.25, 0.3) is 0 Å². The van der Waals surface area contributed by atoms with Crippen molar-refractivity contribution in [3.05, 3.63) is 78.3 Å². The van der Waals surface area contributed by atoms with E-state index in [2.05, 4.69) is 10.6 Å². The molecule has 1 aromatic heterocycles. The molecule has 0 spiro atoms. The van der Waals surface area contributed by atoms with E-state index in [0.29, 0.717) is 22.6 Å². The van der Waals surface area contributed by atoms with Gasteiger partial charge in [-0.2, -0.15) is 0 Å². The number of hydrogen-bond donors (Lipinski definition) is 2. The first kappa shape index (κ1) is 21.8. The summed E-state index contributed by atoms with van der Waals surface area (Å²) in [6, 6.07) is 15.0. The molecule has 1 aliphatic rings. The van der Waals surface area contributed by atoms with Crippen molar-refractivity contribution in [3.63, 3.8) is 0 Å². The van der Waals surface area contributed by atoms with Crippen molar-refractivity contribution in [1.82, 2.24) is 0 Å². The molecule has 2 heterocycles. The molecule has 9 nitrogen and oxygen atoms in total. The molecule has 0 aliphatic carbocycles. The Morgan fingerprint density at radius 1 is 1.06 bits per heavy atom. The Balaban J connectivity index is 1.54. The van der Waals surface area contributed by atoms with E-state index in [1.165, 1.54) is 29.4 Å². The number of carbonyl (C=O) groups is 4. The van der Waals surface area contributed by atoms with Crippen LogP contribution in [0, 0.1) is 0 Å². The second-order valence-electron chi connectivity index (χ2n) is 7.22. The predicted molar refractivity (Wildman–Crippen MR) is 120 cm³/mol. The first-order valence-electron chi connectivity index (χ1n) is 10.3. The quantitative estimate of drug-likeness (QED) is 0.559. The summed E-state index contributed by atoms with van der Waals surface area (Å²) in [5.41, 5.74) is 1.73. The van der Waals surface area contributed by atoms with Gasteiger partial charge in [0.2, 0.25) is 11.8 Å². The van der Waals surface area contributed by atoms with Crippen LogP contribution in [0.5, 0.6) is 0 Å². The van der Waals surface area contributed by atoms with E-state index in [1.807, 2.05) is 0 Å². The van der Waals surface area contributed by atoms with E-state index in [1.54, 1.807) is 49.4 Å². The summed E-state index contributed by atoms with van der Waals surface area (Å²) in [5.74, 6) is -1.89. The fourth-order valence-electron chi connectivity index (χ4n) is 3.54. The molecular formula is C24H21N3O6. The minimum Gasteiger partial charge on any atom is -0.462 e. The molecule has 0 saturated carbocycles. The van der Waals surface area contributed by atoms with E-state index >= 15 is 0 Å². The van der Waals surface area contributed by atoms with Crippen LogP contribution in [0.3, 0.4) is 0 Å². The molecule has 3 aromatic rings. The van der Waals surface area contributed by atoms with E-state index in [9.17, 15) is 19.2 Å². The Kier molecular flexibility index (Phi) is 6.21. The fourth-order valence-corrected chi connectivity index (χ4v) is 3.54. The summed E-state index contributed by atoms with van der Waals surface area (Å²) >= 11 is 0. The molecule has 3 amide bonds. The minimum atomic E-state index is -1.09. The summed E-state index contributed by atoms with van der Waals surface area (Å²) in [6.45, 7) is 1.98. The number of furan rings is 1. The maximum absolute atomic E-state index is 13.2. The molecule has 0 bridgehead atoms. The second kappa shape index (κ2) is 9.39. The van der Waals surface area contributed by atoms with Crippen molar-refractivity contribution in [3.8, 4) is 0 Å². The van der Waals surface area contributed by atoms with E-state index in [-0.39, 0.29) is 18.8 Å². The first-order chi connectivity index (χ1) is 16.0. The molecule has 2 N–H and O–H groups in total. The third kappa shape index (κ3) is 4.62. The molecule has 0 saturated heterocycles. The zero-order chi connectivity index (χ0) is 23.4. The number of anilines is 3. The highest BCUT2D eigenvalue weighted by molar-refractivity contribution is 6.17. The van der Waals surface area contributed by atoms with Gasteiger partial charge < -0.3 is 19.8 Å². The molecule has 4 rings (SSSR count). The van der Waals surface area contributed by atoms with Gasteiger partial charge in [0.1, 0.15) is 6.04 Å². The van der Waals surface area contributed by atoms with Gasteiger partial charge >= 0.3 is 5.97 Å². The highest BCUT2D eigenvalue weighted by Crippen LogP contribution is 2.34. The third-order valence-electron chi connectivity index (χ3n) is 5.05. The maximum atomic E-state index is 13.2. The van der Waals surface area contributed by atoms with Gasteiger partial charge in [-0.15, -0.1) is 0 Å². The van der Waals surface area contributed by atoms with Crippen LogP contribution in [0.2, 0.25) is 0 Å². The number of para-hydroxylation sites is 2. The predicted octanol–water partition coefficient (Wildman–Crippen LogP) is 3.45. The van der Waals surface area contributed by atoms with Crippen molar-refractivity contribution in [1.29, 1.82) is 0 Å². The average molecular weight is 447 g/mol. The Morgan fingerprint density at radius 3 is 2.52 bits per heavy atom. The third-order valence-corrected chi connectivity index (χ3v) is 5.05. The largest absolute Gasteiger partial charge is 0.462 e. The van der Waals surface area contributed by atoms with Crippen molar-refractivity contribution in [2.75, 3.05) is 22.1 Å². The Morgan fingerprint density at radius 2 is 1.82 bits per heavy atom. The molecule has 0 radical (unpaired) electrons. The van der Waals surface area contributed by atoms with Crippen LogP contribution < -0.4 is 15.5 Å². The smallest absolute Gasteiger partial charge is 0.338 e. The van der Waals surface area contributed by atoms with Gasteiger partial charge in [-0.1, -0.05) is 12.1 Å². The van der Waals surface area contributed by atoms with Crippen LogP contribution in [-0.4, -0.2) is 36.3 Å². The summed E-state index contributed by atoms with van der Waals surface area (Å²) in [5, 5.41) is 5.44. The number of benzene rings is 2. The van der Waals surface area contributed by atoms with Gasteiger partial charge in [-0.3, -0.25) is 19.3 Å².